The fraction of sp³-hybridized carbons (Fsp3) is 0. The lowest BCUT2D eigenvalue weighted by Gasteiger charge is -2.00. The molecule has 1 rings (SSSR count). The minimum atomic E-state index is -1.28. The van der Waals surface area contributed by atoms with Crippen molar-refractivity contribution in [3.05, 3.63) is 33.9 Å². The molecule has 1 N–H and O–H groups in total. The van der Waals surface area contributed by atoms with Crippen LogP contribution in [0.3, 0.4) is 0 Å². The van der Waals surface area contributed by atoms with Crippen molar-refractivity contribution in [2.45, 2.75) is 0 Å². The van der Waals surface area contributed by atoms with E-state index < -0.39 is 27.9 Å². The summed E-state index contributed by atoms with van der Waals surface area (Å²) in [4.78, 5) is 9.22. The third kappa shape index (κ3) is 1.74. The summed E-state index contributed by atoms with van der Waals surface area (Å²) < 4.78 is 25.5. The molecule has 0 unspecified atom stereocenters. The summed E-state index contributed by atoms with van der Waals surface area (Å²) in [6.07, 6.45) is 1.38. The average Bonchev–Trinajstić information content (AvgIpc) is 2.09. The van der Waals surface area contributed by atoms with Crippen molar-refractivity contribution >= 4 is 11.4 Å². The Kier molecular flexibility index (Phi) is 2.57. The van der Waals surface area contributed by atoms with Crippen LogP contribution in [0.4, 0.5) is 20.2 Å². The molecule has 0 aliphatic heterocycles. The summed E-state index contributed by atoms with van der Waals surface area (Å²) in [5.41, 5.74) is -1.32. The molecule has 1 aromatic rings. The van der Waals surface area contributed by atoms with Crippen molar-refractivity contribution < 1.29 is 13.7 Å². The molecule has 0 saturated heterocycles. The van der Waals surface area contributed by atoms with Crippen LogP contribution in [-0.4, -0.2) is 4.92 Å². The molecule has 0 atom stereocenters. The standard InChI is InChI=1S/C7H3F2N3O2/c8-4-1-5(9)7(12(13)14)2-6(4)11-3-10/h1-2,11H. The highest BCUT2D eigenvalue weighted by molar-refractivity contribution is 5.54. The van der Waals surface area contributed by atoms with Gasteiger partial charge in [0.15, 0.2) is 12.0 Å². The summed E-state index contributed by atoms with van der Waals surface area (Å²) in [6, 6.07) is 0.964. The number of rotatable bonds is 2. The molecule has 0 aliphatic carbocycles. The van der Waals surface area contributed by atoms with Crippen molar-refractivity contribution in [2.24, 2.45) is 0 Å². The zero-order valence-corrected chi connectivity index (χ0v) is 6.62. The van der Waals surface area contributed by atoms with E-state index in [9.17, 15) is 18.9 Å². The van der Waals surface area contributed by atoms with Gasteiger partial charge in [-0.15, -0.1) is 0 Å². The Hall–Kier alpha value is -2.23. The maximum Gasteiger partial charge on any atom is 0.307 e. The molecular formula is C7H3F2N3O2. The van der Waals surface area contributed by atoms with Gasteiger partial charge in [-0.05, 0) is 0 Å². The van der Waals surface area contributed by atoms with Crippen molar-refractivity contribution in [1.82, 2.24) is 0 Å². The van der Waals surface area contributed by atoms with Gasteiger partial charge in [0, 0.05) is 12.1 Å². The molecule has 14 heavy (non-hydrogen) atoms. The molecule has 0 bridgehead atoms. The van der Waals surface area contributed by atoms with Crippen molar-refractivity contribution in [1.29, 1.82) is 5.26 Å². The smallest absolute Gasteiger partial charge is 0.290 e. The predicted octanol–water partition coefficient (Wildman–Crippen LogP) is 1.77. The van der Waals surface area contributed by atoms with E-state index in [2.05, 4.69) is 0 Å². The Morgan fingerprint density at radius 1 is 1.43 bits per heavy atom. The third-order valence-corrected chi connectivity index (χ3v) is 1.42. The fourth-order valence-electron chi connectivity index (χ4n) is 0.833. The molecule has 0 aromatic heterocycles. The maximum atomic E-state index is 12.8. The second kappa shape index (κ2) is 3.66. The lowest BCUT2D eigenvalue weighted by molar-refractivity contribution is -0.387. The van der Waals surface area contributed by atoms with Gasteiger partial charge in [-0.1, -0.05) is 0 Å². The number of benzene rings is 1. The summed E-state index contributed by atoms with van der Waals surface area (Å²) in [5.74, 6) is -2.34. The van der Waals surface area contributed by atoms with Gasteiger partial charge in [-0.25, -0.2) is 4.39 Å². The Labute approximate surface area is 76.7 Å². The Morgan fingerprint density at radius 3 is 2.57 bits per heavy atom. The lowest BCUT2D eigenvalue weighted by Crippen LogP contribution is -1.98. The van der Waals surface area contributed by atoms with E-state index in [-0.39, 0.29) is 0 Å². The first-order chi connectivity index (χ1) is 6.56. The van der Waals surface area contributed by atoms with Crippen LogP contribution in [0.1, 0.15) is 0 Å². The molecule has 0 fully saturated rings. The summed E-state index contributed by atoms with van der Waals surface area (Å²) >= 11 is 0. The molecule has 72 valence electrons. The lowest BCUT2D eigenvalue weighted by atomic mass is 10.2. The Balaban J connectivity index is 3.28. The monoisotopic (exact) mass is 199 g/mol. The number of nitrogens with zero attached hydrogens (tertiary/aromatic N) is 2. The number of anilines is 1. The quantitative estimate of drug-likeness (QED) is 0.340. The number of hydrogen-bond donors (Lipinski definition) is 1. The normalized spacial score (nSPS) is 9.21. The number of nitro benzene ring substituents is 1. The topological polar surface area (TPSA) is 79.0 Å². The Bertz CT molecular complexity index is 428. The average molecular weight is 199 g/mol. The van der Waals surface area contributed by atoms with Crippen LogP contribution in [0.15, 0.2) is 12.1 Å². The van der Waals surface area contributed by atoms with Gasteiger partial charge in [0.2, 0.25) is 5.82 Å². The molecule has 0 amide bonds. The van der Waals surface area contributed by atoms with Gasteiger partial charge >= 0.3 is 5.69 Å². The highest BCUT2D eigenvalue weighted by atomic mass is 19.1. The van der Waals surface area contributed by atoms with E-state index in [1.54, 1.807) is 0 Å². The first kappa shape index (κ1) is 9.85. The molecule has 1 aromatic carbocycles. The van der Waals surface area contributed by atoms with Gasteiger partial charge in [0.1, 0.15) is 0 Å². The fourth-order valence-corrected chi connectivity index (χ4v) is 0.833. The second-order valence-electron chi connectivity index (χ2n) is 2.28. The summed E-state index contributed by atoms with van der Waals surface area (Å²) in [7, 11) is 0. The molecular weight excluding hydrogens is 196 g/mol. The van der Waals surface area contributed by atoms with Crippen LogP contribution in [0, 0.1) is 33.2 Å². The zero-order valence-electron chi connectivity index (χ0n) is 6.62. The van der Waals surface area contributed by atoms with Crippen LogP contribution in [-0.2, 0) is 0 Å². The van der Waals surface area contributed by atoms with E-state index in [0.717, 1.165) is 0 Å². The first-order valence-corrected chi connectivity index (χ1v) is 3.35. The van der Waals surface area contributed by atoms with Gasteiger partial charge < -0.3 is 0 Å². The highest BCUT2D eigenvalue weighted by Gasteiger charge is 2.18. The van der Waals surface area contributed by atoms with E-state index >= 15 is 0 Å². The minimum Gasteiger partial charge on any atom is -0.290 e. The van der Waals surface area contributed by atoms with Gasteiger partial charge in [0.05, 0.1) is 10.6 Å². The summed E-state index contributed by atoms with van der Waals surface area (Å²) in [5, 5.41) is 20.2. The molecule has 7 heteroatoms. The van der Waals surface area contributed by atoms with Crippen LogP contribution < -0.4 is 5.32 Å². The number of halogens is 2. The molecule has 0 radical (unpaired) electrons. The second-order valence-corrected chi connectivity index (χ2v) is 2.28. The molecule has 0 spiro atoms. The van der Waals surface area contributed by atoms with Crippen LogP contribution >= 0.6 is 0 Å². The minimum absolute atomic E-state index is 0.345. The number of hydrogen-bond acceptors (Lipinski definition) is 4. The molecule has 0 aliphatic rings. The third-order valence-electron chi connectivity index (χ3n) is 1.42. The first-order valence-electron chi connectivity index (χ1n) is 3.35. The summed E-state index contributed by atoms with van der Waals surface area (Å²) in [6.45, 7) is 0. The van der Waals surface area contributed by atoms with E-state index in [1.165, 1.54) is 6.19 Å². The van der Waals surface area contributed by atoms with Gasteiger partial charge in [-0.2, -0.15) is 9.65 Å². The van der Waals surface area contributed by atoms with Crippen LogP contribution in [0.5, 0.6) is 0 Å². The van der Waals surface area contributed by atoms with Crippen LogP contribution in [0.2, 0.25) is 0 Å². The highest BCUT2D eigenvalue weighted by Crippen LogP contribution is 2.24. The van der Waals surface area contributed by atoms with Crippen LogP contribution in [0.25, 0.3) is 0 Å². The largest absolute Gasteiger partial charge is 0.307 e. The van der Waals surface area contributed by atoms with E-state index in [4.69, 9.17) is 5.26 Å². The van der Waals surface area contributed by atoms with Gasteiger partial charge in [-0.3, -0.25) is 15.4 Å². The van der Waals surface area contributed by atoms with E-state index in [1.807, 2.05) is 5.32 Å². The van der Waals surface area contributed by atoms with E-state index in [0.29, 0.717) is 12.1 Å². The van der Waals surface area contributed by atoms with Crippen molar-refractivity contribution in [3.8, 4) is 6.19 Å². The number of nitrogens with one attached hydrogen (secondary N) is 1. The SMILES string of the molecule is N#CNc1cc([N+](=O)[O-])c(F)cc1F. The zero-order chi connectivity index (χ0) is 10.7. The van der Waals surface area contributed by atoms with Crippen molar-refractivity contribution in [3.63, 3.8) is 0 Å². The Morgan fingerprint density at radius 2 is 2.07 bits per heavy atom. The number of nitriles is 1. The maximum absolute atomic E-state index is 12.8. The van der Waals surface area contributed by atoms with Crippen molar-refractivity contribution in [2.75, 3.05) is 5.32 Å². The number of nitro groups is 1. The molecule has 0 heterocycles. The predicted molar refractivity (Wildman–Crippen MR) is 42.2 cm³/mol. The molecule has 0 saturated carbocycles. The van der Waals surface area contributed by atoms with Gasteiger partial charge in [0.25, 0.3) is 0 Å². The molecule has 5 nitrogen and oxygen atoms in total.